The summed E-state index contributed by atoms with van der Waals surface area (Å²) in [6.45, 7) is 6.52. The Morgan fingerprint density at radius 3 is 2.50 bits per heavy atom. The van der Waals surface area contributed by atoms with Crippen molar-refractivity contribution in [3.8, 4) is 0 Å². The Balaban J connectivity index is 2.69. The Labute approximate surface area is 117 Å². The normalized spacial score (nSPS) is 12.5. The van der Waals surface area contributed by atoms with Gasteiger partial charge in [-0.15, -0.1) is 0 Å². The molecule has 0 fully saturated rings. The zero-order chi connectivity index (χ0) is 13.7. The molecule has 4 heteroatoms. The van der Waals surface area contributed by atoms with Crippen molar-refractivity contribution < 1.29 is 9.90 Å². The van der Waals surface area contributed by atoms with Gasteiger partial charge in [-0.2, -0.15) is 0 Å². The maximum Gasteiger partial charge on any atom is 0.335 e. The first kappa shape index (κ1) is 15.0. The first-order chi connectivity index (χ1) is 8.38. The number of aromatic carboxylic acids is 1. The number of nitrogens with one attached hydrogen (secondary N) is 1. The summed E-state index contributed by atoms with van der Waals surface area (Å²) in [5, 5.41) is 12.3. The van der Waals surface area contributed by atoms with Crippen LogP contribution in [0.1, 0.15) is 44.0 Å². The van der Waals surface area contributed by atoms with Gasteiger partial charge < -0.3 is 10.4 Å². The van der Waals surface area contributed by atoms with E-state index in [0.29, 0.717) is 17.5 Å². The molecule has 0 saturated heterocycles. The number of carboxylic acid groups (broad SMARTS) is 1. The highest BCUT2D eigenvalue weighted by atomic mass is 79.9. The number of rotatable bonds is 6. The molecule has 0 heterocycles. The van der Waals surface area contributed by atoms with Gasteiger partial charge in [0.25, 0.3) is 0 Å². The van der Waals surface area contributed by atoms with Gasteiger partial charge in [0.15, 0.2) is 0 Å². The van der Waals surface area contributed by atoms with E-state index in [1.54, 1.807) is 12.1 Å². The van der Waals surface area contributed by atoms with E-state index < -0.39 is 5.97 Å². The molecule has 1 aromatic rings. The Hall–Kier alpha value is -1.03. The second-order valence-electron chi connectivity index (χ2n) is 5.05. The molecule has 1 unspecified atom stereocenters. The van der Waals surface area contributed by atoms with E-state index >= 15 is 0 Å². The minimum atomic E-state index is -0.908. The van der Waals surface area contributed by atoms with Gasteiger partial charge in [0.1, 0.15) is 0 Å². The first-order valence-electron chi connectivity index (χ1n) is 6.19. The van der Waals surface area contributed by atoms with Crippen LogP contribution in [-0.4, -0.2) is 17.1 Å². The van der Waals surface area contributed by atoms with E-state index in [4.69, 9.17) is 5.11 Å². The lowest BCUT2D eigenvalue weighted by molar-refractivity contribution is 0.0697. The Morgan fingerprint density at radius 2 is 1.94 bits per heavy atom. The molecular formula is C14H20BrNO2. The second-order valence-corrected chi connectivity index (χ2v) is 5.97. The summed E-state index contributed by atoms with van der Waals surface area (Å²) in [6, 6.07) is 5.51. The third-order valence-corrected chi connectivity index (χ3v) is 3.19. The lowest BCUT2D eigenvalue weighted by Crippen LogP contribution is -2.16. The average molecular weight is 314 g/mol. The molecule has 0 spiro atoms. The molecule has 100 valence electrons. The zero-order valence-corrected chi connectivity index (χ0v) is 12.6. The summed E-state index contributed by atoms with van der Waals surface area (Å²) in [7, 11) is 0. The lowest BCUT2D eigenvalue weighted by Gasteiger charge is -2.17. The van der Waals surface area contributed by atoms with Crippen molar-refractivity contribution in [2.75, 3.05) is 5.32 Å². The quantitative estimate of drug-likeness (QED) is 0.819. The highest BCUT2D eigenvalue weighted by Crippen LogP contribution is 2.21. The SMILES string of the molecule is CC(C)CCC(C)Nc1cc(Br)cc(C(=O)O)c1. The van der Waals surface area contributed by atoms with E-state index in [2.05, 4.69) is 42.0 Å². The number of benzene rings is 1. The molecule has 18 heavy (non-hydrogen) atoms. The summed E-state index contributed by atoms with van der Waals surface area (Å²) >= 11 is 3.33. The number of hydrogen-bond acceptors (Lipinski definition) is 2. The molecule has 0 radical (unpaired) electrons. The molecule has 1 atom stereocenters. The van der Waals surface area contributed by atoms with Crippen LogP contribution in [0.4, 0.5) is 5.69 Å². The number of carbonyl (C=O) groups is 1. The van der Waals surface area contributed by atoms with Crippen LogP contribution in [0.2, 0.25) is 0 Å². The molecule has 0 aliphatic rings. The van der Waals surface area contributed by atoms with Gasteiger partial charge in [0, 0.05) is 16.2 Å². The van der Waals surface area contributed by atoms with E-state index in [-0.39, 0.29) is 0 Å². The van der Waals surface area contributed by atoms with Crippen LogP contribution < -0.4 is 5.32 Å². The maximum atomic E-state index is 11.0. The van der Waals surface area contributed by atoms with E-state index in [9.17, 15) is 4.79 Å². The first-order valence-corrected chi connectivity index (χ1v) is 6.98. The van der Waals surface area contributed by atoms with Gasteiger partial charge in [-0.05, 0) is 43.9 Å². The van der Waals surface area contributed by atoms with Crippen LogP contribution in [0.5, 0.6) is 0 Å². The summed E-state index contributed by atoms with van der Waals surface area (Å²) in [5.74, 6) is -0.222. The van der Waals surface area contributed by atoms with Gasteiger partial charge in [-0.3, -0.25) is 0 Å². The fourth-order valence-electron chi connectivity index (χ4n) is 1.74. The number of hydrogen-bond donors (Lipinski definition) is 2. The fraction of sp³-hybridized carbons (Fsp3) is 0.500. The maximum absolute atomic E-state index is 11.0. The molecular weight excluding hydrogens is 294 g/mol. The predicted octanol–water partition coefficient (Wildman–Crippen LogP) is 4.38. The van der Waals surface area contributed by atoms with E-state index in [1.165, 1.54) is 0 Å². The monoisotopic (exact) mass is 313 g/mol. The highest BCUT2D eigenvalue weighted by Gasteiger charge is 2.08. The smallest absolute Gasteiger partial charge is 0.335 e. The standard InChI is InChI=1S/C14H20BrNO2/c1-9(2)4-5-10(3)16-13-7-11(14(17)18)6-12(15)8-13/h6-10,16H,4-5H2,1-3H3,(H,17,18). The number of carboxylic acids is 1. The Bertz CT molecular complexity index is 418. The van der Waals surface area contributed by atoms with Gasteiger partial charge in [0.05, 0.1) is 5.56 Å². The van der Waals surface area contributed by atoms with E-state index in [1.807, 2.05) is 6.07 Å². The number of anilines is 1. The summed E-state index contributed by atoms with van der Waals surface area (Å²) < 4.78 is 0.779. The van der Waals surface area contributed by atoms with Gasteiger partial charge in [-0.25, -0.2) is 4.79 Å². The molecule has 1 aromatic carbocycles. The average Bonchev–Trinajstić information content (AvgIpc) is 2.25. The minimum absolute atomic E-state index is 0.294. The van der Waals surface area contributed by atoms with Crippen molar-refractivity contribution in [3.05, 3.63) is 28.2 Å². The second kappa shape index (κ2) is 6.78. The van der Waals surface area contributed by atoms with Gasteiger partial charge >= 0.3 is 5.97 Å². The van der Waals surface area contributed by atoms with Crippen molar-refractivity contribution in [2.24, 2.45) is 5.92 Å². The van der Waals surface area contributed by atoms with Crippen LogP contribution in [0, 0.1) is 5.92 Å². The molecule has 0 aliphatic heterocycles. The lowest BCUT2D eigenvalue weighted by atomic mass is 10.0. The molecule has 1 rings (SSSR count). The van der Waals surface area contributed by atoms with Crippen molar-refractivity contribution in [3.63, 3.8) is 0 Å². The molecule has 0 aromatic heterocycles. The van der Waals surface area contributed by atoms with Crippen LogP contribution in [0.25, 0.3) is 0 Å². The molecule has 2 N–H and O–H groups in total. The summed E-state index contributed by atoms with van der Waals surface area (Å²) in [4.78, 5) is 11.0. The Kier molecular flexibility index (Phi) is 5.66. The fourth-order valence-corrected chi connectivity index (χ4v) is 2.23. The third-order valence-electron chi connectivity index (χ3n) is 2.73. The van der Waals surface area contributed by atoms with Crippen LogP contribution in [0.3, 0.4) is 0 Å². The van der Waals surface area contributed by atoms with Crippen LogP contribution >= 0.6 is 15.9 Å². The Morgan fingerprint density at radius 1 is 1.28 bits per heavy atom. The molecule has 0 aliphatic carbocycles. The number of halogens is 1. The van der Waals surface area contributed by atoms with Crippen molar-refractivity contribution in [1.29, 1.82) is 0 Å². The molecule has 3 nitrogen and oxygen atoms in total. The van der Waals surface area contributed by atoms with Crippen molar-refractivity contribution >= 4 is 27.6 Å². The highest BCUT2D eigenvalue weighted by molar-refractivity contribution is 9.10. The largest absolute Gasteiger partial charge is 0.478 e. The molecule has 0 bridgehead atoms. The van der Waals surface area contributed by atoms with Crippen LogP contribution in [-0.2, 0) is 0 Å². The van der Waals surface area contributed by atoms with Crippen LogP contribution in [0.15, 0.2) is 22.7 Å². The van der Waals surface area contributed by atoms with E-state index in [0.717, 1.165) is 23.0 Å². The minimum Gasteiger partial charge on any atom is -0.478 e. The molecule has 0 amide bonds. The molecule has 0 saturated carbocycles. The zero-order valence-electron chi connectivity index (χ0n) is 11.0. The predicted molar refractivity (Wildman–Crippen MR) is 78.3 cm³/mol. The van der Waals surface area contributed by atoms with Gasteiger partial charge in [0.2, 0.25) is 0 Å². The van der Waals surface area contributed by atoms with Crippen molar-refractivity contribution in [2.45, 2.75) is 39.7 Å². The van der Waals surface area contributed by atoms with Crippen molar-refractivity contribution in [1.82, 2.24) is 0 Å². The summed E-state index contributed by atoms with van der Waals surface area (Å²) in [5.41, 5.74) is 1.14. The topological polar surface area (TPSA) is 49.3 Å². The third kappa shape index (κ3) is 5.08. The van der Waals surface area contributed by atoms with Gasteiger partial charge in [-0.1, -0.05) is 29.8 Å². The summed E-state index contributed by atoms with van der Waals surface area (Å²) in [6.07, 6.45) is 2.24.